The topological polar surface area (TPSA) is 60.9 Å². The molecule has 0 spiro atoms. The molecule has 1 aromatic heterocycles. The van der Waals surface area contributed by atoms with Crippen LogP contribution < -0.4 is 0 Å². The molecule has 0 N–H and O–H groups in total. The van der Waals surface area contributed by atoms with Gasteiger partial charge in [-0.2, -0.15) is 0 Å². The monoisotopic (exact) mass is 431 g/mol. The highest BCUT2D eigenvalue weighted by atomic mass is 32.1. The maximum Gasteiger partial charge on any atom is 0.264 e. The Hall–Kier alpha value is -1.73. The van der Waals surface area contributed by atoms with Crippen LogP contribution in [0.2, 0.25) is 0 Å². The Morgan fingerprint density at radius 1 is 1.03 bits per heavy atom. The zero-order chi connectivity index (χ0) is 21.5. The molecule has 2 saturated heterocycles. The summed E-state index contributed by atoms with van der Waals surface area (Å²) in [7, 11) is 0. The molecule has 1 aromatic rings. The van der Waals surface area contributed by atoms with Gasteiger partial charge in [0.15, 0.2) is 0 Å². The SMILES string of the molecule is CC(C)(C)C1CCc2sc(C(=O)N3CCN(CCN4C(=O)CCC4=O)CC3)cc2C1. The Balaban J connectivity index is 1.29. The summed E-state index contributed by atoms with van der Waals surface area (Å²) in [6.45, 7) is 11.1. The van der Waals surface area contributed by atoms with Crippen LogP contribution in [0.25, 0.3) is 0 Å². The molecule has 1 aliphatic carbocycles. The molecule has 0 bridgehead atoms. The molecule has 1 atom stereocenters. The van der Waals surface area contributed by atoms with Gasteiger partial charge in [0.05, 0.1) is 4.88 Å². The molecular formula is C23H33N3O3S. The summed E-state index contributed by atoms with van der Waals surface area (Å²) in [6, 6.07) is 2.15. The fraction of sp³-hybridized carbons (Fsp3) is 0.696. The first-order valence-electron chi connectivity index (χ1n) is 11.2. The van der Waals surface area contributed by atoms with Crippen molar-refractivity contribution in [3.8, 4) is 0 Å². The first kappa shape index (κ1) is 21.5. The summed E-state index contributed by atoms with van der Waals surface area (Å²) in [4.78, 5) is 44.5. The van der Waals surface area contributed by atoms with E-state index in [0.29, 0.717) is 50.4 Å². The number of carbonyl (C=O) groups is 3. The molecule has 30 heavy (non-hydrogen) atoms. The molecule has 0 saturated carbocycles. The molecule has 1 unspecified atom stereocenters. The summed E-state index contributed by atoms with van der Waals surface area (Å²) in [5.41, 5.74) is 1.69. The predicted octanol–water partition coefficient (Wildman–Crippen LogP) is 2.81. The largest absolute Gasteiger partial charge is 0.335 e. The van der Waals surface area contributed by atoms with E-state index in [9.17, 15) is 14.4 Å². The van der Waals surface area contributed by atoms with E-state index in [1.165, 1.54) is 21.8 Å². The van der Waals surface area contributed by atoms with Gasteiger partial charge in [-0.3, -0.25) is 24.2 Å². The molecule has 164 valence electrons. The highest BCUT2D eigenvalue weighted by molar-refractivity contribution is 7.14. The molecule has 0 radical (unpaired) electrons. The second-order valence-electron chi connectivity index (χ2n) is 9.94. The number of hydrogen-bond acceptors (Lipinski definition) is 5. The van der Waals surface area contributed by atoms with Crippen LogP contribution in [-0.2, 0) is 22.4 Å². The van der Waals surface area contributed by atoms with Gasteiger partial charge in [-0.1, -0.05) is 20.8 Å². The molecule has 4 rings (SSSR count). The Morgan fingerprint density at radius 3 is 2.33 bits per heavy atom. The third kappa shape index (κ3) is 4.47. The summed E-state index contributed by atoms with van der Waals surface area (Å²) >= 11 is 1.69. The highest BCUT2D eigenvalue weighted by Crippen LogP contribution is 2.40. The second-order valence-corrected chi connectivity index (χ2v) is 11.1. The number of fused-ring (bicyclic) bond motifs is 1. The number of nitrogens with zero attached hydrogens (tertiary/aromatic N) is 3. The van der Waals surface area contributed by atoms with Crippen LogP contribution in [0.4, 0.5) is 0 Å². The number of rotatable bonds is 4. The molecule has 6 nitrogen and oxygen atoms in total. The highest BCUT2D eigenvalue weighted by Gasteiger charge is 2.32. The van der Waals surface area contributed by atoms with Crippen LogP contribution >= 0.6 is 11.3 Å². The van der Waals surface area contributed by atoms with E-state index in [1.54, 1.807) is 11.3 Å². The van der Waals surface area contributed by atoms with Crippen molar-refractivity contribution >= 4 is 29.1 Å². The maximum absolute atomic E-state index is 13.1. The fourth-order valence-electron chi connectivity index (χ4n) is 4.81. The average Bonchev–Trinajstić information content (AvgIpc) is 3.28. The van der Waals surface area contributed by atoms with Gasteiger partial charge in [0.2, 0.25) is 11.8 Å². The number of hydrogen-bond donors (Lipinski definition) is 0. The second kappa shape index (κ2) is 8.42. The summed E-state index contributed by atoms with van der Waals surface area (Å²) in [5, 5.41) is 0. The minimum Gasteiger partial charge on any atom is -0.335 e. The molecular weight excluding hydrogens is 398 g/mol. The molecule has 2 aliphatic heterocycles. The van der Waals surface area contributed by atoms with Crippen molar-refractivity contribution in [3.05, 3.63) is 21.4 Å². The zero-order valence-corrected chi connectivity index (χ0v) is 19.2. The van der Waals surface area contributed by atoms with E-state index in [2.05, 4.69) is 31.7 Å². The molecule has 3 heterocycles. The van der Waals surface area contributed by atoms with Gasteiger partial charge in [-0.15, -0.1) is 11.3 Å². The Morgan fingerprint density at radius 2 is 1.70 bits per heavy atom. The van der Waals surface area contributed by atoms with Crippen molar-refractivity contribution in [2.75, 3.05) is 39.3 Å². The van der Waals surface area contributed by atoms with Gasteiger partial charge in [-0.05, 0) is 42.2 Å². The van der Waals surface area contributed by atoms with Crippen LogP contribution in [-0.4, -0.2) is 71.7 Å². The molecule has 3 aliphatic rings. The van der Waals surface area contributed by atoms with Gasteiger partial charge in [0, 0.05) is 57.0 Å². The van der Waals surface area contributed by atoms with Crippen molar-refractivity contribution in [1.29, 1.82) is 0 Å². The van der Waals surface area contributed by atoms with E-state index >= 15 is 0 Å². The lowest BCUT2D eigenvalue weighted by molar-refractivity contribution is -0.138. The van der Waals surface area contributed by atoms with Gasteiger partial charge in [-0.25, -0.2) is 0 Å². The predicted molar refractivity (Wildman–Crippen MR) is 118 cm³/mol. The van der Waals surface area contributed by atoms with Crippen molar-refractivity contribution in [1.82, 2.24) is 14.7 Å². The van der Waals surface area contributed by atoms with Crippen molar-refractivity contribution in [3.63, 3.8) is 0 Å². The maximum atomic E-state index is 13.1. The smallest absolute Gasteiger partial charge is 0.264 e. The fourth-order valence-corrected chi connectivity index (χ4v) is 5.99. The number of amides is 3. The number of imide groups is 1. The van der Waals surface area contributed by atoms with Crippen LogP contribution in [0.1, 0.15) is 60.1 Å². The number of carbonyl (C=O) groups excluding carboxylic acids is 3. The Bertz CT molecular complexity index is 817. The Kier molecular flexibility index (Phi) is 6.04. The molecule has 7 heteroatoms. The minimum atomic E-state index is -0.0517. The molecule has 0 aromatic carbocycles. The van der Waals surface area contributed by atoms with Gasteiger partial charge >= 0.3 is 0 Å². The zero-order valence-electron chi connectivity index (χ0n) is 18.4. The van der Waals surface area contributed by atoms with Crippen molar-refractivity contribution in [2.24, 2.45) is 11.3 Å². The normalized spacial score (nSPS) is 23.2. The lowest BCUT2D eigenvalue weighted by Crippen LogP contribution is -2.50. The number of thiophene rings is 1. The summed E-state index contributed by atoms with van der Waals surface area (Å²) in [5.74, 6) is 0.736. The van der Waals surface area contributed by atoms with Gasteiger partial charge in [0.1, 0.15) is 0 Å². The first-order chi connectivity index (χ1) is 14.2. The van der Waals surface area contributed by atoms with E-state index in [4.69, 9.17) is 0 Å². The van der Waals surface area contributed by atoms with E-state index in [1.807, 2.05) is 4.90 Å². The van der Waals surface area contributed by atoms with Crippen LogP contribution in [0.15, 0.2) is 6.07 Å². The average molecular weight is 432 g/mol. The molecule has 3 amide bonds. The quantitative estimate of drug-likeness (QED) is 0.688. The van der Waals surface area contributed by atoms with E-state index in [0.717, 1.165) is 30.8 Å². The minimum absolute atomic E-state index is 0.0517. The lowest BCUT2D eigenvalue weighted by atomic mass is 9.72. The molecule has 2 fully saturated rings. The third-order valence-electron chi connectivity index (χ3n) is 6.97. The number of piperazine rings is 1. The van der Waals surface area contributed by atoms with E-state index in [-0.39, 0.29) is 17.7 Å². The van der Waals surface area contributed by atoms with Crippen LogP contribution in [0, 0.1) is 11.3 Å². The first-order valence-corrected chi connectivity index (χ1v) is 12.0. The summed E-state index contributed by atoms with van der Waals surface area (Å²) in [6.07, 6.45) is 4.09. The Labute approximate surface area is 183 Å². The number of likely N-dealkylation sites (tertiary alicyclic amines) is 1. The van der Waals surface area contributed by atoms with Crippen molar-refractivity contribution < 1.29 is 14.4 Å². The summed E-state index contributed by atoms with van der Waals surface area (Å²) < 4.78 is 0. The van der Waals surface area contributed by atoms with Crippen molar-refractivity contribution in [2.45, 2.75) is 52.9 Å². The third-order valence-corrected chi connectivity index (χ3v) is 8.20. The van der Waals surface area contributed by atoms with E-state index < -0.39 is 0 Å². The lowest BCUT2D eigenvalue weighted by Gasteiger charge is -2.35. The van der Waals surface area contributed by atoms with Gasteiger partial charge in [0.25, 0.3) is 5.91 Å². The van der Waals surface area contributed by atoms with Crippen LogP contribution in [0.3, 0.4) is 0 Å². The number of aryl methyl sites for hydroxylation is 1. The standard InChI is InChI=1S/C23H33N3O3S/c1-23(2,3)17-4-5-18-16(14-17)15-19(30-18)22(29)25-11-8-24(9-12-25)10-13-26-20(27)6-7-21(26)28/h15,17H,4-14H2,1-3H3. The van der Waals surface area contributed by atoms with Gasteiger partial charge < -0.3 is 4.90 Å². The van der Waals surface area contributed by atoms with Crippen LogP contribution in [0.5, 0.6) is 0 Å².